The standard InChI is InChI=1S/C10H21N5/c1-4-5-6-7-9(11-2)8-10-12-14-15(3)13-10/h9,11H,4-8H2,1-3H3. The summed E-state index contributed by atoms with van der Waals surface area (Å²) in [5.74, 6) is 0.827. The first kappa shape index (κ1) is 12.1. The third-order valence-corrected chi connectivity index (χ3v) is 2.54. The molecule has 1 aromatic heterocycles. The lowest BCUT2D eigenvalue weighted by molar-refractivity contribution is 0.480. The van der Waals surface area contributed by atoms with Crippen LogP contribution in [0.4, 0.5) is 0 Å². The van der Waals surface area contributed by atoms with Crippen molar-refractivity contribution in [3.05, 3.63) is 5.82 Å². The average molecular weight is 211 g/mol. The van der Waals surface area contributed by atoms with Crippen LogP contribution < -0.4 is 5.32 Å². The Labute approximate surface area is 91.2 Å². The highest BCUT2D eigenvalue weighted by Gasteiger charge is 2.10. The largest absolute Gasteiger partial charge is 0.317 e. The van der Waals surface area contributed by atoms with Crippen LogP contribution in [0.2, 0.25) is 0 Å². The molecule has 0 fully saturated rings. The number of aromatic nitrogens is 4. The molecule has 1 N–H and O–H groups in total. The fraction of sp³-hybridized carbons (Fsp3) is 0.900. The maximum Gasteiger partial charge on any atom is 0.176 e. The van der Waals surface area contributed by atoms with Gasteiger partial charge in [-0.15, -0.1) is 10.2 Å². The highest BCUT2D eigenvalue weighted by atomic mass is 15.6. The Kier molecular flexibility index (Phi) is 5.25. The fourth-order valence-electron chi connectivity index (χ4n) is 1.61. The van der Waals surface area contributed by atoms with Gasteiger partial charge in [-0.3, -0.25) is 0 Å². The molecule has 0 aliphatic rings. The molecule has 0 aliphatic carbocycles. The first-order chi connectivity index (χ1) is 7.26. The lowest BCUT2D eigenvalue weighted by atomic mass is 10.1. The summed E-state index contributed by atoms with van der Waals surface area (Å²) >= 11 is 0. The van der Waals surface area contributed by atoms with Gasteiger partial charge in [0.1, 0.15) is 0 Å². The van der Waals surface area contributed by atoms with E-state index in [1.54, 1.807) is 7.05 Å². The minimum absolute atomic E-state index is 0.473. The molecular weight excluding hydrogens is 190 g/mol. The van der Waals surface area contributed by atoms with Gasteiger partial charge in [0.15, 0.2) is 5.82 Å². The second kappa shape index (κ2) is 6.50. The van der Waals surface area contributed by atoms with Crippen LogP contribution in [0, 0.1) is 0 Å². The van der Waals surface area contributed by atoms with E-state index in [0.717, 1.165) is 12.2 Å². The highest BCUT2D eigenvalue weighted by molar-refractivity contribution is 4.83. The average Bonchev–Trinajstić information content (AvgIpc) is 2.63. The fourth-order valence-corrected chi connectivity index (χ4v) is 1.61. The normalized spacial score (nSPS) is 13.0. The van der Waals surface area contributed by atoms with E-state index in [2.05, 4.69) is 27.7 Å². The van der Waals surface area contributed by atoms with E-state index in [1.807, 2.05) is 7.05 Å². The minimum atomic E-state index is 0.473. The molecule has 0 saturated heterocycles. The predicted octanol–water partition coefficient (Wildman–Crippen LogP) is 0.921. The van der Waals surface area contributed by atoms with Crippen LogP contribution in [-0.2, 0) is 13.5 Å². The molecule has 0 aromatic carbocycles. The number of unbranched alkanes of at least 4 members (excludes halogenated alkanes) is 2. The van der Waals surface area contributed by atoms with Crippen molar-refractivity contribution in [1.82, 2.24) is 25.5 Å². The van der Waals surface area contributed by atoms with Crippen molar-refractivity contribution in [1.29, 1.82) is 0 Å². The molecule has 15 heavy (non-hydrogen) atoms. The minimum Gasteiger partial charge on any atom is -0.317 e. The van der Waals surface area contributed by atoms with Gasteiger partial charge in [0.2, 0.25) is 0 Å². The molecule has 86 valence electrons. The number of nitrogens with one attached hydrogen (secondary N) is 1. The van der Waals surface area contributed by atoms with E-state index in [0.29, 0.717) is 6.04 Å². The molecule has 1 atom stereocenters. The van der Waals surface area contributed by atoms with Crippen molar-refractivity contribution in [2.75, 3.05) is 7.05 Å². The lowest BCUT2D eigenvalue weighted by Crippen LogP contribution is -2.28. The van der Waals surface area contributed by atoms with Gasteiger partial charge in [-0.2, -0.15) is 4.80 Å². The molecule has 1 rings (SSSR count). The van der Waals surface area contributed by atoms with Gasteiger partial charge >= 0.3 is 0 Å². The van der Waals surface area contributed by atoms with Gasteiger partial charge in [-0.05, 0) is 18.7 Å². The molecule has 5 heteroatoms. The summed E-state index contributed by atoms with van der Waals surface area (Å²) in [6.45, 7) is 2.22. The van der Waals surface area contributed by atoms with Gasteiger partial charge in [0.05, 0.1) is 7.05 Å². The van der Waals surface area contributed by atoms with E-state index >= 15 is 0 Å². The van der Waals surface area contributed by atoms with Gasteiger partial charge in [-0.25, -0.2) is 0 Å². The van der Waals surface area contributed by atoms with Crippen molar-refractivity contribution >= 4 is 0 Å². The predicted molar refractivity (Wildman–Crippen MR) is 59.5 cm³/mol. The van der Waals surface area contributed by atoms with Gasteiger partial charge in [-0.1, -0.05) is 26.2 Å². The van der Waals surface area contributed by atoms with E-state index in [1.165, 1.54) is 30.5 Å². The van der Waals surface area contributed by atoms with Gasteiger partial charge < -0.3 is 5.32 Å². The molecule has 5 nitrogen and oxygen atoms in total. The summed E-state index contributed by atoms with van der Waals surface area (Å²) in [5.41, 5.74) is 0. The number of rotatable bonds is 7. The monoisotopic (exact) mass is 211 g/mol. The molecule has 1 heterocycles. The lowest BCUT2D eigenvalue weighted by Gasteiger charge is -2.13. The number of tetrazole rings is 1. The SMILES string of the molecule is CCCCCC(Cc1nnn(C)n1)NC. The zero-order valence-corrected chi connectivity index (χ0v) is 9.90. The summed E-state index contributed by atoms with van der Waals surface area (Å²) in [6.07, 6.45) is 5.88. The number of likely N-dealkylation sites (N-methyl/N-ethyl adjacent to an activating group) is 1. The Morgan fingerprint density at radius 1 is 1.40 bits per heavy atom. The second-order valence-corrected chi connectivity index (χ2v) is 3.88. The number of hydrogen-bond acceptors (Lipinski definition) is 4. The molecule has 1 unspecified atom stereocenters. The maximum absolute atomic E-state index is 4.18. The van der Waals surface area contributed by atoms with E-state index in [-0.39, 0.29) is 0 Å². The summed E-state index contributed by atoms with van der Waals surface area (Å²) in [7, 11) is 3.79. The van der Waals surface area contributed by atoms with Gasteiger partial charge in [0.25, 0.3) is 0 Å². The maximum atomic E-state index is 4.18. The Balaban J connectivity index is 2.33. The molecule has 1 aromatic rings. The van der Waals surface area contributed by atoms with E-state index < -0.39 is 0 Å². The van der Waals surface area contributed by atoms with Crippen LogP contribution in [0.3, 0.4) is 0 Å². The second-order valence-electron chi connectivity index (χ2n) is 3.88. The molecule has 0 amide bonds. The van der Waals surface area contributed by atoms with Crippen LogP contribution in [0.15, 0.2) is 0 Å². The summed E-state index contributed by atoms with van der Waals surface area (Å²) in [4.78, 5) is 1.51. The van der Waals surface area contributed by atoms with Crippen molar-refractivity contribution in [3.63, 3.8) is 0 Å². The highest BCUT2D eigenvalue weighted by Crippen LogP contribution is 2.06. The van der Waals surface area contributed by atoms with E-state index in [4.69, 9.17) is 0 Å². The Hall–Kier alpha value is -0.970. The molecule has 0 bridgehead atoms. The quantitative estimate of drug-likeness (QED) is 0.681. The smallest absolute Gasteiger partial charge is 0.176 e. The van der Waals surface area contributed by atoms with Crippen molar-refractivity contribution in [2.45, 2.75) is 45.1 Å². The van der Waals surface area contributed by atoms with Crippen LogP contribution in [0.1, 0.15) is 38.4 Å². The molecular formula is C10H21N5. The van der Waals surface area contributed by atoms with Crippen molar-refractivity contribution in [2.24, 2.45) is 7.05 Å². The zero-order valence-electron chi connectivity index (χ0n) is 9.90. The molecule has 0 aliphatic heterocycles. The third kappa shape index (κ3) is 4.38. The molecule has 0 spiro atoms. The van der Waals surface area contributed by atoms with Crippen LogP contribution in [-0.4, -0.2) is 33.3 Å². The molecule has 0 saturated carbocycles. The Bertz CT molecular complexity index is 271. The number of nitrogens with zero attached hydrogens (tertiary/aromatic N) is 4. The topological polar surface area (TPSA) is 55.6 Å². The summed E-state index contributed by atoms with van der Waals surface area (Å²) in [5, 5.41) is 15.3. The van der Waals surface area contributed by atoms with Gasteiger partial charge in [0, 0.05) is 12.5 Å². The third-order valence-electron chi connectivity index (χ3n) is 2.54. The van der Waals surface area contributed by atoms with Crippen LogP contribution in [0.25, 0.3) is 0 Å². The number of aryl methyl sites for hydroxylation is 1. The van der Waals surface area contributed by atoms with Crippen LogP contribution >= 0.6 is 0 Å². The van der Waals surface area contributed by atoms with E-state index in [9.17, 15) is 0 Å². The molecule has 0 radical (unpaired) electrons. The summed E-state index contributed by atoms with van der Waals surface area (Å²) in [6, 6.07) is 0.473. The van der Waals surface area contributed by atoms with Crippen molar-refractivity contribution in [3.8, 4) is 0 Å². The number of hydrogen-bond donors (Lipinski definition) is 1. The zero-order chi connectivity index (χ0) is 11.1. The summed E-state index contributed by atoms with van der Waals surface area (Å²) < 4.78 is 0. The van der Waals surface area contributed by atoms with Crippen molar-refractivity contribution < 1.29 is 0 Å². The first-order valence-electron chi connectivity index (χ1n) is 5.66. The van der Waals surface area contributed by atoms with Crippen LogP contribution in [0.5, 0.6) is 0 Å². The Morgan fingerprint density at radius 3 is 2.73 bits per heavy atom. The first-order valence-corrected chi connectivity index (χ1v) is 5.66. The Morgan fingerprint density at radius 2 is 2.20 bits per heavy atom.